The summed E-state index contributed by atoms with van der Waals surface area (Å²) in [6.07, 6.45) is 5.39. The predicted octanol–water partition coefficient (Wildman–Crippen LogP) is 1.49. The maximum Gasteiger partial charge on any atom is 0.0696 e. The highest BCUT2D eigenvalue weighted by atomic mass is 16.5. The third-order valence-corrected chi connectivity index (χ3v) is 3.36. The molecule has 2 atom stereocenters. The fraction of sp³-hybridized carbons (Fsp3) is 1.00. The van der Waals surface area contributed by atoms with Crippen LogP contribution < -0.4 is 5.32 Å². The molecule has 1 aliphatic heterocycles. The molecule has 2 unspecified atom stereocenters. The second-order valence-corrected chi connectivity index (χ2v) is 4.52. The van der Waals surface area contributed by atoms with E-state index in [1.807, 2.05) is 7.05 Å². The van der Waals surface area contributed by atoms with Gasteiger partial charge >= 0.3 is 0 Å². The molecule has 0 aromatic rings. The summed E-state index contributed by atoms with van der Waals surface area (Å²) in [6.45, 7) is 5.33. The second kappa shape index (κ2) is 7.20. The normalized spacial score (nSPS) is 24.6. The zero-order valence-corrected chi connectivity index (χ0v) is 10.5. The van der Waals surface area contributed by atoms with Crippen molar-refractivity contribution in [1.82, 2.24) is 10.2 Å². The maximum atomic E-state index is 5.85. The van der Waals surface area contributed by atoms with Crippen molar-refractivity contribution in [3.63, 3.8) is 0 Å². The lowest BCUT2D eigenvalue weighted by Crippen LogP contribution is -2.29. The van der Waals surface area contributed by atoms with E-state index in [1.54, 1.807) is 0 Å². The standard InChI is InChI=1S/C12H26N2O/c1-4-12(10-13-2)15-9-7-11-6-5-8-14(11)3/h11-13H,4-10H2,1-3H3. The van der Waals surface area contributed by atoms with E-state index in [0.29, 0.717) is 6.10 Å². The van der Waals surface area contributed by atoms with Crippen molar-refractivity contribution in [1.29, 1.82) is 0 Å². The lowest BCUT2D eigenvalue weighted by molar-refractivity contribution is 0.0412. The van der Waals surface area contributed by atoms with E-state index in [9.17, 15) is 0 Å². The minimum atomic E-state index is 0.390. The van der Waals surface area contributed by atoms with Crippen LogP contribution in [0, 0.1) is 0 Å². The Labute approximate surface area is 94.2 Å². The first-order valence-electron chi connectivity index (χ1n) is 6.24. The van der Waals surface area contributed by atoms with Crippen LogP contribution in [0.5, 0.6) is 0 Å². The summed E-state index contributed by atoms with van der Waals surface area (Å²) in [4.78, 5) is 2.46. The molecule has 90 valence electrons. The number of likely N-dealkylation sites (N-methyl/N-ethyl adjacent to an activating group) is 1. The molecule has 0 aromatic carbocycles. The van der Waals surface area contributed by atoms with E-state index in [2.05, 4.69) is 24.2 Å². The van der Waals surface area contributed by atoms with Crippen LogP contribution >= 0.6 is 0 Å². The number of rotatable bonds is 7. The average Bonchev–Trinajstić information content (AvgIpc) is 2.63. The summed E-state index contributed by atoms with van der Waals surface area (Å²) in [5.74, 6) is 0. The van der Waals surface area contributed by atoms with Crippen LogP contribution in [-0.4, -0.2) is 50.8 Å². The fourth-order valence-corrected chi connectivity index (χ4v) is 2.26. The van der Waals surface area contributed by atoms with Gasteiger partial charge in [-0.1, -0.05) is 6.92 Å². The molecule has 0 bridgehead atoms. The van der Waals surface area contributed by atoms with E-state index in [4.69, 9.17) is 4.74 Å². The maximum absolute atomic E-state index is 5.85. The molecule has 1 saturated heterocycles. The summed E-state index contributed by atoms with van der Waals surface area (Å²) in [6, 6.07) is 0.761. The number of hydrogen-bond donors (Lipinski definition) is 1. The molecule has 15 heavy (non-hydrogen) atoms. The monoisotopic (exact) mass is 214 g/mol. The Morgan fingerprint density at radius 1 is 1.53 bits per heavy atom. The van der Waals surface area contributed by atoms with Crippen LogP contribution in [0.1, 0.15) is 32.6 Å². The third kappa shape index (κ3) is 4.49. The Hall–Kier alpha value is -0.120. The smallest absolute Gasteiger partial charge is 0.0696 e. The van der Waals surface area contributed by atoms with Crippen molar-refractivity contribution in [3.05, 3.63) is 0 Å². The Kier molecular flexibility index (Phi) is 6.22. The van der Waals surface area contributed by atoms with Gasteiger partial charge in [-0.25, -0.2) is 0 Å². The molecule has 0 aromatic heterocycles. The van der Waals surface area contributed by atoms with Gasteiger partial charge in [-0.2, -0.15) is 0 Å². The molecule has 0 spiro atoms. The summed E-state index contributed by atoms with van der Waals surface area (Å²) in [5, 5.41) is 3.17. The lowest BCUT2D eigenvalue weighted by Gasteiger charge is -2.21. The molecule has 0 radical (unpaired) electrons. The van der Waals surface area contributed by atoms with Crippen LogP contribution in [0.25, 0.3) is 0 Å². The number of nitrogens with zero attached hydrogens (tertiary/aromatic N) is 1. The van der Waals surface area contributed by atoms with Gasteiger partial charge in [0.05, 0.1) is 6.10 Å². The summed E-state index contributed by atoms with van der Waals surface area (Å²) < 4.78 is 5.85. The molecule has 1 rings (SSSR count). The van der Waals surface area contributed by atoms with Crippen molar-refractivity contribution < 1.29 is 4.74 Å². The number of ether oxygens (including phenoxy) is 1. The largest absolute Gasteiger partial charge is 0.377 e. The fourth-order valence-electron chi connectivity index (χ4n) is 2.26. The van der Waals surface area contributed by atoms with Gasteiger partial charge in [0, 0.05) is 19.2 Å². The quantitative estimate of drug-likeness (QED) is 0.695. The van der Waals surface area contributed by atoms with E-state index in [0.717, 1.165) is 25.6 Å². The molecule has 1 heterocycles. The van der Waals surface area contributed by atoms with E-state index in [-0.39, 0.29) is 0 Å². The van der Waals surface area contributed by atoms with Crippen molar-refractivity contribution in [3.8, 4) is 0 Å². The minimum Gasteiger partial charge on any atom is -0.377 e. The molecule has 1 fully saturated rings. The van der Waals surface area contributed by atoms with Crippen LogP contribution in [0.15, 0.2) is 0 Å². The van der Waals surface area contributed by atoms with Gasteiger partial charge in [0.25, 0.3) is 0 Å². The molecule has 1 N–H and O–H groups in total. The minimum absolute atomic E-state index is 0.390. The Morgan fingerprint density at radius 2 is 2.33 bits per heavy atom. The van der Waals surface area contributed by atoms with Crippen molar-refractivity contribution in [2.45, 2.75) is 44.8 Å². The molecule has 3 heteroatoms. The van der Waals surface area contributed by atoms with Gasteiger partial charge < -0.3 is 15.0 Å². The zero-order chi connectivity index (χ0) is 11.1. The molecule has 3 nitrogen and oxygen atoms in total. The zero-order valence-electron chi connectivity index (χ0n) is 10.5. The summed E-state index contributed by atoms with van der Waals surface area (Å²) >= 11 is 0. The van der Waals surface area contributed by atoms with Gasteiger partial charge in [0.1, 0.15) is 0 Å². The summed E-state index contributed by atoms with van der Waals surface area (Å²) in [5.41, 5.74) is 0. The second-order valence-electron chi connectivity index (χ2n) is 4.52. The molecular formula is C12H26N2O. The van der Waals surface area contributed by atoms with Crippen molar-refractivity contribution >= 4 is 0 Å². The van der Waals surface area contributed by atoms with Crippen LogP contribution in [-0.2, 0) is 4.74 Å². The molecule has 1 aliphatic rings. The van der Waals surface area contributed by atoms with E-state index >= 15 is 0 Å². The van der Waals surface area contributed by atoms with Crippen molar-refractivity contribution in [2.24, 2.45) is 0 Å². The molecule has 0 aliphatic carbocycles. The topological polar surface area (TPSA) is 24.5 Å². The van der Waals surface area contributed by atoms with Crippen LogP contribution in [0.2, 0.25) is 0 Å². The number of hydrogen-bond acceptors (Lipinski definition) is 3. The van der Waals surface area contributed by atoms with Crippen LogP contribution in [0.3, 0.4) is 0 Å². The van der Waals surface area contributed by atoms with Gasteiger partial charge in [0.2, 0.25) is 0 Å². The predicted molar refractivity (Wildman–Crippen MR) is 64.2 cm³/mol. The Bertz CT molecular complexity index is 164. The third-order valence-electron chi connectivity index (χ3n) is 3.36. The number of nitrogens with one attached hydrogen (secondary N) is 1. The van der Waals surface area contributed by atoms with Gasteiger partial charge in [-0.15, -0.1) is 0 Å². The van der Waals surface area contributed by atoms with E-state index in [1.165, 1.54) is 25.8 Å². The first kappa shape index (κ1) is 12.9. The summed E-state index contributed by atoms with van der Waals surface area (Å²) in [7, 11) is 4.21. The van der Waals surface area contributed by atoms with E-state index < -0.39 is 0 Å². The number of likely N-dealkylation sites (tertiary alicyclic amines) is 1. The van der Waals surface area contributed by atoms with Crippen molar-refractivity contribution in [2.75, 3.05) is 33.8 Å². The SMILES string of the molecule is CCC(CNC)OCCC1CCCN1C. The molecule has 0 saturated carbocycles. The first-order chi connectivity index (χ1) is 7.27. The Morgan fingerprint density at radius 3 is 2.87 bits per heavy atom. The van der Waals surface area contributed by atoms with Gasteiger partial charge in [-0.3, -0.25) is 0 Å². The van der Waals surface area contributed by atoms with Gasteiger partial charge in [0.15, 0.2) is 0 Å². The van der Waals surface area contributed by atoms with Crippen LogP contribution in [0.4, 0.5) is 0 Å². The first-order valence-corrected chi connectivity index (χ1v) is 6.24. The highest BCUT2D eigenvalue weighted by Crippen LogP contribution is 2.17. The average molecular weight is 214 g/mol. The van der Waals surface area contributed by atoms with Gasteiger partial charge in [-0.05, 0) is 46.3 Å². The Balaban J connectivity index is 2.08. The highest BCUT2D eigenvalue weighted by Gasteiger charge is 2.20. The molecular weight excluding hydrogens is 188 g/mol. The highest BCUT2D eigenvalue weighted by molar-refractivity contribution is 4.76. The lowest BCUT2D eigenvalue weighted by atomic mass is 10.1. The molecule has 0 amide bonds.